The maximum Gasteiger partial charge on any atom is 0.404 e. The first-order chi connectivity index (χ1) is 47.4. The van der Waals surface area contributed by atoms with Gasteiger partial charge in [0.15, 0.2) is 18.7 Å². The van der Waals surface area contributed by atoms with Gasteiger partial charge in [0.1, 0.15) is 101 Å². The average molecular weight is 1450 g/mol. The molecule has 2 saturated heterocycles. The minimum absolute atomic E-state index is 0.00566. The number of anilines is 1. The average Bonchev–Trinajstić information content (AvgIpc) is 0.804. The van der Waals surface area contributed by atoms with Crippen LogP contribution in [-0.4, -0.2) is 260 Å². The van der Waals surface area contributed by atoms with Gasteiger partial charge in [0, 0.05) is 68.3 Å². The van der Waals surface area contributed by atoms with Crippen LogP contribution in [0.3, 0.4) is 0 Å². The van der Waals surface area contributed by atoms with Crippen molar-refractivity contribution in [2.24, 2.45) is 34.6 Å². The van der Waals surface area contributed by atoms with E-state index in [2.05, 4.69) is 56.5 Å². The van der Waals surface area contributed by atoms with Gasteiger partial charge in [-0.15, -0.1) is 22.7 Å². The maximum atomic E-state index is 15.5. The number of hydrogen-bond donors (Lipinski definition) is 21. The zero-order valence-corrected chi connectivity index (χ0v) is 56.3. The zero-order chi connectivity index (χ0) is 73.6. The highest BCUT2D eigenvalue weighted by molar-refractivity contribution is 7.14. The van der Waals surface area contributed by atoms with Crippen molar-refractivity contribution in [2.45, 2.75) is 170 Å². The lowest BCUT2D eigenvalue weighted by Gasteiger charge is -2.47. The number of hydrogen-bond acceptors (Lipinski definition) is 33. The summed E-state index contributed by atoms with van der Waals surface area (Å²) in [4.78, 5) is 119. The van der Waals surface area contributed by atoms with Gasteiger partial charge < -0.3 is 135 Å². The smallest absolute Gasteiger partial charge is 0.404 e. The predicted molar refractivity (Wildman–Crippen MR) is 349 cm³/mol. The third kappa shape index (κ3) is 19.9. The fourth-order valence-corrected chi connectivity index (χ4v) is 12.3. The number of likely N-dealkylation sites (N-methyl/N-ethyl adjacent to an activating group) is 1. The van der Waals surface area contributed by atoms with Crippen molar-refractivity contribution in [1.82, 2.24) is 61.4 Å². The molecule has 2 aliphatic rings. The Labute approximate surface area is 578 Å². The molecule has 0 bridgehead atoms. The Morgan fingerprint density at radius 2 is 1.53 bits per heavy atom. The van der Waals surface area contributed by atoms with Crippen LogP contribution in [0.2, 0.25) is 0 Å². The SMILES string of the molecule is Cc1c(N)nc(C(CC(N)=O)NCC(N)C(N)=O)nc1C(=O)N(C)C(C(=O)NC(C)C(O)C(C)C(O)NC(C(=O)NCCc1nc(-c2nc(C(=O)NCc3cccc(CN)c3)cs2)cs1)C(C)O)C(OC1OC(CO)C(O)C(O)C1OC1OC(CO)C(O)C(OC(N)=O)C1O)c1cnc[nH]1. The van der Waals surface area contributed by atoms with E-state index in [1.54, 1.807) is 10.8 Å². The van der Waals surface area contributed by atoms with Gasteiger partial charge in [0.25, 0.3) is 11.8 Å². The molecule has 4 aromatic heterocycles. The predicted octanol–water partition coefficient (Wildman–Crippen LogP) is -7.18. The number of aromatic amines is 1. The molecule has 6 heterocycles. The number of benzene rings is 1. The number of nitrogen functional groups attached to an aromatic ring is 1. The number of aliphatic hydroxyl groups is 9. The molecular weight excluding hydrogens is 1360 g/mol. The van der Waals surface area contributed by atoms with Gasteiger partial charge in [-0.25, -0.2) is 29.7 Å². The highest BCUT2D eigenvalue weighted by atomic mass is 32.1. The quantitative estimate of drug-likeness (QED) is 0.0168. The van der Waals surface area contributed by atoms with Gasteiger partial charge in [-0.1, -0.05) is 31.2 Å². The number of amides is 7. The van der Waals surface area contributed by atoms with Crippen LogP contribution in [0.25, 0.3) is 10.7 Å². The molecule has 2 aliphatic heterocycles. The standard InChI is InChI=1S/C59H86N18O21S2/c1-22-37(74-50(76-48(22)63)29(12-35(62)81)68-15-28(61)49(64)87)56(92)77(5)39(45(30-16-66-21-70-30)96-58-47(43(85)41(83)33(17-78)95-58)97-57-44(86)46(98-59(65)93)42(84)34(18-79)94-57)54(91)71-24(3)40(82)23(2)51(88)75-38(25(4)80)53(90)67-10-9-36-72-32(20-99-36)55-73-31(19-100-55)52(89)69-14-27-8-6-7-26(11-27)13-60/h6-8,11,16,19-21,23-25,28-29,33-34,38-47,51,57-58,68,75,78-80,82-86,88H,9-10,12-15,17-18,60-61H2,1-5H3,(H2,62,81)(H2,64,87)(H2,65,93)(H,66,70)(H,67,90)(H,69,89)(H,71,91)(H2,63,74,76). The number of carbonyl (C=O) groups is 7. The highest BCUT2D eigenvalue weighted by Gasteiger charge is 2.54. The summed E-state index contributed by atoms with van der Waals surface area (Å²) in [5.74, 6) is -7.35. The summed E-state index contributed by atoms with van der Waals surface area (Å²) < 4.78 is 29.0. The zero-order valence-electron chi connectivity index (χ0n) is 54.7. The first-order valence-electron chi connectivity index (χ1n) is 31.2. The van der Waals surface area contributed by atoms with Crippen molar-refractivity contribution in [3.05, 3.63) is 92.2 Å². The van der Waals surface area contributed by atoms with Gasteiger partial charge in [-0.3, -0.25) is 34.1 Å². The summed E-state index contributed by atoms with van der Waals surface area (Å²) in [6.07, 6.45) is -26.6. The van der Waals surface area contributed by atoms with E-state index in [-0.39, 0.29) is 60.6 Å². The number of nitrogens with zero attached hydrogens (tertiary/aromatic N) is 6. The first kappa shape index (κ1) is 79.3. The number of thiazole rings is 2. The fraction of sp³-hybridized carbons (Fsp3) is 0.559. The molecule has 41 heteroatoms. The summed E-state index contributed by atoms with van der Waals surface area (Å²) >= 11 is 2.50. The number of nitrogens with two attached hydrogens (primary N) is 6. The number of aliphatic hydroxyl groups excluding tert-OH is 9. The number of ether oxygens (including phenoxy) is 5. The molecule has 27 N–H and O–H groups in total. The van der Waals surface area contributed by atoms with Crippen LogP contribution in [0, 0.1) is 12.8 Å². The van der Waals surface area contributed by atoms with E-state index in [0.717, 1.165) is 35.6 Å². The number of carbonyl (C=O) groups excluding carboxylic acids is 7. The maximum absolute atomic E-state index is 15.5. The number of aromatic nitrogens is 6. The Morgan fingerprint density at radius 1 is 0.840 bits per heavy atom. The van der Waals surface area contributed by atoms with E-state index >= 15 is 9.59 Å². The molecule has 0 radical (unpaired) electrons. The Bertz CT molecular complexity index is 3580. The summed E-state index contributed by atoms with van der Waals surface area (Å²) in [5, 5.41) is 118. The van der Waals surface area contributed by atoms with E-state index < -0.39 is 183 Å². The lowest BCUT2D eigenvalue weighted by atomic mass is 9.95. The van der Waals surface area contributed by atoms with Gasteiger partial charge in [0.05, 0.1) is 66.8 Å². The van der Waals surface area contributed by atoms with Gasteiger partial charge in [-0.2, -0.15) is 0 Å². The molecule has 100 heavy (non-hydrogen) atoms. The monoisotopic (exact) mass is 1450 g/mol. The second-order valence-electron chi connectivity index (χ2n) is 23.8. The number of H-pyrrole nitrogens is 1. The number of rotatable bonds is 35. The van der Waals surface area contributed by atoms with Crippen LogP contribution in [-0.2, 0) is 62.4 Å². The van der Waals surface area contributed by atoms with E-state index in [9.17, 15) is 69.9 Å². The lowest BCUT2D eigenvalue weighted by Crippen LogP contribution is -2.65. The van der Waals surface area contributed by atoms with E-state index in [1.807, 2.05) is 24.3 Å². The molecule has 550 valence electrons. The first-order valence-corrected chi connectivity index (χ1v) is 33.0. The van der Waals surface area contributed by atoms with Crippen molar-refractivity contribution in [2.75, 3.05) is 39.1 Å². The summed E-state index contributed by atoms with van der Waals surface area (Å²) in [6.45, 7) is 3.51. The number of primary amides is 3. The molecule has 39 nitrogen and oxygen atoms in total. The van der Waals surface area contributed by atoms with Gasteiger partial charge in [0.2, 0.25) is 23.6 Å². The van der Waals surface area contributed by atoms with Crippen LogP contribution in [0.1, 0.15) is 93.5 Å². The molecular formula is C59H86N18O21S2. The lowest BCUT2D eigenvalue weighted by molar-refractivity contribution is -0.372. The third-order valence-corrected chi connectivity index (χ3v) is 18.3. The molecule has 20 unspecified atom stereocenters. The van der Waals surface area contributed by atoms with Crippen LogP contribution in [0.5, 0.6) is 0 Å². The Morgan fingerprint density at radius 3 is 2.17 bits per heavy atom. The number of nitrogens with one attached hydrogen (secondary N) is 6. The largest absolute Gasteiger partial charge is 0.441 e. The molecule has 0 aliphatic carbocycles. The summed E-state index contributed by atoms with van der Waals surface area (Å²) in [5.41, 5.74) is 35.8. The second-order valence-corrected chi connectivity index (χ2v) is 25.6. The van der Waals surface area contributed by atoms with Crippen molar-refractivity contribution in [1.29, 1.82) is 0 Å². The van der Waals surface area contributed by atoms with E-state index in [4.69, 9.17) is 58.1 Å². The van der Waals surface area contributed by atoms with Crippen molar-refractivity contribution >= 4 is 70.0 Å². The van der Waals surface area contributed by atoms with Gasteiger partial charge >= 0.3 is 6.09 Å². The van der Waals surface area contributed by atoms with Crippen molar-refractivity contribution in [3.63, 3.8) is 0 Å². The Kier molecular flexibility index (Phi) is 28.6. The molecule has 7 rings (SSSR count). The minimum atomic E-state index is -2.19. The molecule has 0 spiro atoms. The van der Waals surface area contributed by atoms with E-state index in [1.165, 1.54) is 50.4 Å². The topological polar surface area (TPSA) is 647 Å². The van der Waals surface area contributed by atoms with Crippen LogP contribution >= 0.6 is 22.7 Å². The minimum Gasteiger partial charge on any atom is -0.441 e. The molecule has 2 fully saturated rings. The van der Waals surface area contributed by atoms with Crippen molar-refractivity contribution in [3.8, 4) is 10.7 Å². The van der Waals surface area contributed by atoms with Crippen molar-refractivity contribution < 1.29 is 103 Å². The molecule has 5 aromatic rings. The van der Waals surface area contributed by atoms with Crippen LogP contribution in [0.15, 0.2) is 47.5 Å². The van der Waals surface area contributed by atoms with E-state index in [0.29, 0.717) is 22.3 Å². The normalized spacial score (nSPS) is 23.8. The molecule has 1 aromatic carbocycles. The molecule has 20 atom stereocenters. The van der Waals surface area contributed by atoms with Gasteiger partial charge in [-0.05, 0) is 31.9 Å². The summed E-state index contributed by atoms with van der Waals surface area (Å²) in [6, 6.07) is -0.139. The highest BCUT2D eigenvalue weighted by Crippen LogP contribution is 2.36. The fourth-order valence-electron chi connectivity index (χ4n) is 10.7. The Balaban J connectivity index is 1.13. The molecule has 7 amide bonds. The number of imidazole rings is 1. The second kappa shape index (κ2) is 36.0. The third-order valence-electron chi connectivity index (χ3n) is 16.5. The summed E-state index contributed by atoms with van der Waals surface area (Å²) in [7, 11) is 1.08. The Hall–Kier alpha value is -8.02. The van der Waals surface area contributed by atoms with Crippen LogP contribution in [0.4, 0.5) is 10.6 Å². The molecule has 0 saturated carbocycles. The van der Waals surface area contributed by atoms with Crippen LogP contribution < -0.4 is 61.0 Å².